The molecule has 0 fully saturated rings. The predicted octanol–water partition coefficient (Wildman–Crippen LogP) is 3.57. The van der Waals surface area contributed by atoms with Crippen molar-refractivity contribution in [2.24, 2.45) is 0 Å². The Balaban J connectivity index is 2.48. The maximum Gasteiger partial charge on any atom is 0.0991 e. The third-order valence-electron chi connectivity index (χ3n) is 3.58. The molecular formula is C15H22N2S. The largest absolute Gasteiger partial charge is 0.311 e. The maximum atomic E-state index is 8.74. The Morgan fingerprint density at radius 1 is 1.22 bits per heavy atom. The van der Waals surface area contributed by atoms with Crippen molar-refractivity contribution in [3.63, 3.8) is 0 Å². The summed E-state index contributed by atoms with van der Waals surface area (Å²) in [4.78, 5) is 0. The van der Waals surface area contributed by atoms with Gasteiger partial charge in [0.15, 0.2) is 0 Å². The van der Waals surface area contributed by atoms with Crippen LogP contribution in [-0.2, 0) is 6.54 Å². The zero-order valence-corrected chi connectivity index (χ0v) is 12.3. The first-order valence-corrected chi connectivity index (χ1v) is 7.67. The van der Waals surface area contributed by atoms with Crippen LogP contribution in [0, 0.1) is 11.3 Å². The summed E-state index contributed by atoms with van der Waals surface area (Å²) < 4.78 is 0.354. The summed E-state index contributed by atoms with van der Waals surface area (Å²) in [5.41, 5.74) is 1.95. The van der Waals surface area contributed by atoms with Crippen molar-refractivity contribution in [3.8, 4) is 6.07 Å². The minimum absolute atomic E-state index is 0.354. The third kappa shape index (κ3) is 4.04. The highest BCUT2D eigenvalue weighted by Crippen LogP contribution is 2.29. The Morgan fingerprint density at radius 2 is 1.83 bits per heavy atom. The van der Waals surface area contributed by atoms with Crippen LogP contribution in [0.15, 0.2) is 24.3 Å². The first kappa shape index (κ1) is 15.1. The highest BCUT2D eigenvalue weighted by atomic mass is 32.2. The lowest BCUT2D eigenvalue weighted by Gasteiger charge is -2.30. The minimum Gasteiger partial charge on any atom is -0.311 e. The van der Waals surface area contributed by atoms with Crippen LogP contribution in [0.3, 0.4) is 0 Å². The monoisotopic (exact) mass is 262 g/mol. The topological polar surface area (TPSA) is 35.8 Å². The number of nitrogens with zero attached hydrogens (tertiary/aromatic N) is 1. The van der Waals surface area contributed by atoms with Gasteiger partial charge in [0.1, 0.15) is 0 Å². The van der Waals surface area contributed by atoms with Crippen LogP contribution in [-0.4, -0.2) is 17.5 Å². The third-order valence-corrected chi connectivity index (χ3v) is 5.17. The second kappa shape index (κ2) is 7.45. The molecule has 0 aliphatic rings. The Hall–Kier alpha value is -0.980. The van der Waals surface area contributed by atoms with Crippen molar-refractivity contribution in [3.05, 3.63) is 35.4 Å². The molecule has 0 unspecified atom stereocenters. The van der Waals surface area contributed by atoms with Gasteiger partial charge in [-0.05, 0) is 36.8 Å². The summed E-state index contributed by atoms with van der Waals surface area (Å²) >= 11 is 1.95. The molecule has 0 saturated carbocycles. The molecule has 0 amide bonds. The maximum absolute atomic E-state index is 8.74. The number of thioether (sulfide) groups is 1. The Bertz CT molecular complexity index is 380. The fraction of sp³-hybridized carbons (Fsp3) is 0.533. The summed E-state index contributed by atoms with van der Waals surface area (Å²) in [7, 11) is 0. The summed E-state index contributed by atoms with van der Waals surface area (Å²) in [5.74, 6) is 0. The first-order valence-electron chi connectivity index (χ1n) is 6.44. The minimum atomic E-state index is 0.354. The van der Waals surface area contributed by atoms with Gasteiger partial charge < -0.3 is 5.32 Å². The molecule has 3 heteroatoms. The molecule has 1 aromatic carbocycles. The fourth-order valence-electron chi connectivity index (χ4n) is 1.99. The molecule has 2 nitrogen and oxygen atoms in total. The van der Waals surface area contributed by atoms with Gasteiger partial charge >= 0.3 is 0 Å². The van der Waals surface area contributed by atoms with E-state index in [4.69, 9.17) is 5.26 Å². The highest BCUT2D eigenvalue weighted by Gasteiger charge is 2.23. The van der Waals surface area contributed by atoms with Gasteiger partial charge in [0.2, 0.25) is 0 Å². The average Bonchev–Trinajstić information content (AvgIpc) is 2.45. The smallest absolute Gasteiger partial charge is 0.0991 e. The molecule has 1 N–H and O–H groups in total. The first-order chi connectivity index (χ1) is 8.69. The zero-order valence-electron chi connectivity index (χ0n) is 11.5. The number of hydrogen-bond donors (Lipinski definition) is 1. The van der Waals surface area contributed by atoms with Crippen LogP contribution < -0.4 is 5.32 Å². The molecule has 0 saturated heterocycles. The van der Waals surface area contributed by atoms with E-state index >= 15 is 0 Å². The van der Waals surface area contributed by atoms with Crippen LogP contribution in [0.25, 0.3) is 0 Å². The number of nitriles is 1. The standard InChI is InChI=1S/C15H22N2S/c1-4-15(5-2,18-3)12-17-11-14-8-6-13(10-16)7-9-14/h6-9,17H,4-5,11-12H2,1-3H3. The number of nitrogens with one attached hydrogen (secondary N) is 1. The van der Waals surface area contributed by atoms with Crippen molar-refractivity contribution in [1.82, 2.24) is 5.32 Å². The van der Waals surface area contributed by atoms with Crippen LogP contribution in [0.2, 0.25) is 0 Å². The predicted molar refractivity (Wildman–Crippen MR) is 79.7 cm³/mol. The molecule has 1 rings (SSSR count). The van der Waals surface area contributed by atoms with Crippen LogP contribution in [0.1, 0.15) is 37.8 Å². The van der Waals surface area contributed by atoms with E-state index in [1.165, 1.54) is 18.4 Å². The molecule has 0 atom stereocenters. The quantitative estimate of drug-likeness (QED) is 0.816. The summed E-state index contributed by atoms with van der Waals surface area (Å²) in [6.45, 7) is 6.40. The van der Waals surface area contributed by atoms with Gasteiger partial charge in [-0.3, -0.25) is 0 Å². The Kier molecular flexibility index (Phi) is 6.24. The normalized spacial score (nSPS) is 11.2. The Morgan fingerprint density at radius 3 is 2.28 bits per heavy atom. The van der Waals surface area contributed by atoms with E-state index in [9.17, 15) is 0 Å². The number of hydrogen-bond acceptors (Lipinski definition) is 3. The molecule has 0 aliphatic carbocycles. The molecule has 0 spiro atoms. The lowest BCUT2D eigenvalue weighted by molar-refractivity contribution is 0.495. The van der Waals surface area contributed by atoms with Gasteiger partial charge in [-0.25, -0.2) is 0 Å². The molecule has 18 heavy (non-hydrogen) atoms. The van der Waals surface area contributed by atoms with E-state index in [1.807, 2.05) is 36.0 Å². The second-order valence-corrected chi connectivity index (χ2v) is 5.78. The molecule has 0 aromatic heterocycles. The van der Waals surface area contributed by atoms with Gasteiger partial charge in [0.25, 0.3) is 0 Å². The van der Waals surface area contributed by atoms with Gasteiger partial charge in [0.05, 0.1) is 11.6 Å². The number of benzene rings is 1. The van der Waals surface area contributed by atoms with E-state index in [1.54, 1.807) is 0 Å². The van der Waals surface area contributed by atoms with Crippen molar-refractivity contribution < 1.29 is 0 Å². The van der Waals surface area contributed by atoms with Gasteiger partial charge in [-0.1, -0.05) is 26.0 Å². The van der Waals surface area contributed by atoms with Crippen molar-refractivity contribution in [2.45, 2.75) is 38.0 Å². The molecule has 0 aliphatic heterocycles. The van der Waals surface area contributed by atoms with Crippen LogP contribution >= 0.6 is 11.8 Å². The Labute approximate surface area is 115 Å². The lowest BCUT2D eigenvalue weighted by atomic mass is 10.0. The molecule has 0 heterocycles. The second-order valence-electron chi connectivity index (χ2n) is 4.51. The summed E-state index contributed by atoms with van der Waals surface area (Å²) in [5, 5.41) is 12.3. The molecule has 1 aromatic rings. The van der Waals surface area contributed by atoms with Gasteiger partial charge in [-0.2, -0.15) is 17.0 Å². The fourth-order valence-corrected chi connectivity index (χ4v) is 2.82. The van der Waals surface area contributed by atoms with E-state index in [0.717, 1.165) is 18.7 Å². The van der Waals surface area contributed by atoms with Crippen molar-refractivity contribution >= 4 is 11.8 Å². The molecular weight excluding hydrogens is 240 g/mol. The average molecular weight is 262 g/mol. The van der Waals surface area contributed by atoms with Crippen molar-refractivity contribution in [1.29, 1.82) is 5.26 Å². The van der Waals surface area contributed by atoms with E-state index in [2.05, 4.69) is 31.5 Å². The van der Waals surface area contributed by atoms with E-state index in [-0.39, 0.29) is 0 Å². The van der Waals surface area contributed by atoms with E-state index in [0.29, 0.717) is 4.75 Å². The van der Waals surface area contributed by atoms with Crippen LogP contribution in [0.5, 0.6) is 0 Å². The SMILES string of the molecule is CCC(CC)(CNCc1ccc(C#N)cc1)SC. The lowest BCUT2D eigenvalue weighted by Crippen LogP contribution is -2.36. The molecule has 98 valence electrons. The zero-order chi connectivity index (χ0) is 13.4. The van der Waals surface area contributed by atoms with Gasteiger partial charge in [-0.15, -0.1) is 0 Å². The van der Waals surface area contributed by atoms with E-state index < -0.39 is 0 Å². The number of rotatable bonds is 7. The molecule has 0 radical (unpaired) electrons. The summed E-state index contributed by atoms with van der Waals surface area (Å²) in [6.07, 6.45) is 4.56. The van der Waals surface area contributed by atoms with Crippen LogP contribution in [0.4, 0.5) is 0 Å². The van der Waals surface area contributed by atoms with Crippen molar-refractivity contribution in [2.75, 3.05) is 12.8 Å². The van der Waals surface area contributed by atoms with Gasteiger partial charge in [0, 0.05) is 17.8 Å². The highest BCUT2D eigenvalue weighted by molar-refractivity contribution is 8.00. The summed E-state index contributed by atoms with van der Waals surface area (Å²) in [6, 6.07) is 9.92. The molecule has 0 bridgehead atoms.